The molecule has 0 saturated carbocycles. The minimum atomic E-state index is 0.0110. The molecule has 0 spiro atoms. The Bertz CT molecular complexity index is 1350. The summed E-state index contributed by atoms with van der Waals surface area (Å²) in [4.78, 5) is 5.15. The molecular weight excluding hydrogens is 447 g/mol. The fraction of sp³-hybridized carbons (Fsp3) is 0.294. The topological polar surface area (TPSA) is 6.48 Å². The normalized spacial score (nSPS) is 13.3. The molecule has 1 heterocycles. The zero-order valence-corrected chi connectivity index (χ0v) is 23.4. The highest BCUT2D eigenvalue weighted by Crippen LogP contribution is 2.48. The fourth-order valence-corrected chi connectivity index (χ4v) is 5.82. The maximum atomic E-state index is 2.58. The Balaban J connectivity index is 1.90. The standard InChI is InChI=1S/C34H39BN2/c1-23(2)27-21-30(24(3)4)33(31(22-27)25(5)6)35-36(28-16-10-8-11-17-28)32-20-14-15-26(7)34(32)37(35)29-18-12-9-13-19-29/h8-25H,1-7H3. The summed E-state index contributed by atoms with van der Waals surface area (Å²) in [5.41, 5.74) is 12.1. The van der Waals surface area contributed by atoms with Crippen LogP contribution in [0.2, 0.25) is 0 Å². The van der Waals surface area contributed by atoms with Gasteiger partial charge in [0.1, 0.15) is 0 Å². The van der Waals surface area contributed by atoms with Crippen LogP contribution in [-0.4, -0.2) is 6.98 Å². The third-order valence-electron chi connectivity index (χ3n) is 7.71. The lowest BCUT2D eigenvalue weighted by atomic mass is 9.58. The smallest absolute Gasteiger partial charge is 0.360 e. The zero-order chi connectivity index (χ0) is 26.3. The molecular formula is C34H39BN2. The number of nitrogens with zero attached hydrogens (tertiary/aromatic N) is 2. The number of aryl methyl sites for hydroxylation is 1. The second-order valence-electron chi connectivity index (χ2n) is 11.3. The van der Waals surface area contributed by atoms with Crippen LogP contribution in [0.25, 0.3) is 0 Å². The summed E-state index contributed by atoms with van der Waals surface area (Å²) in [7, 11) is 0. The van der Waals surface area contributed by atoms with E-state index in [1.54, 1.807) is 0 Å². The molecule has 0 radical (unpaired) electrons. The van der Waals surface area contributed by atoms with Crippen molar-refractivity contribution in [2.75, 3.05) is 9.62 Å². The van der Waals surface area contributed by atoms with Gasteiger partial charge < -0.3 is 9.62 Å². The molecule has 1 aliphatic heterocycles. The van der Waals surface area contributed by atoms with Crippen molar-refractivity contribution in [1.29, 1.82) is 0 Å². The van der Waals surface area contributed by atoms with E-state index in [4.69, 9.17) is 0 Å². The second-order valence-corrected chi connectivity index (χ2v) is 11.3. The van der Waals surface area contributed by atoms with Crippen molar-refractivity contribution in [2.24, 2.45) is 0 Å². The molecule has 3 heteroatoms. The van der Waals surface area contributed by atoms with Crippen LogP contribution in [0.5, 0.6) is 0 Å². The highest BCUT2D eigenvalue weighted by molar-refractivity contribution is 6.85. The SMILES string of the molecule is Cc1cccc2c1N(c1ccccc1)B(c1c(C(C)C)cc(C(C)C)cc1C(C)C)N2c1ccccc1. The van der Waals surface area contributed by atoms with Gasteiger partial charge in [-0.15, -0.1) is 0 Å². The van der Waals surface area contributed by atoms with Gasteiger partial charge in [0, 0.05) is 11.4 Å². The Hall–Kier alpha value is -3.46. The van der Waals surface area contributed by atoms with Crippen LogP contribution in [0.1, 0.15) is 81.5 Å². The van der Waals surface area contributed by atoms with E-state index >= 15 is 0 Å². The molecule has 1 aliphatic rings. The summed E-state index contributed by atoms with van der Waals surface area (Å²) < 4.78 is 0. The van der Waals surface area contributed by atoms with Crippen molar-refractivity contribution in [2.45, 2.75) is 66.2 Å². The number of hydrogen-bond acceptors (Lipinski definition) is 2. The maximum Gasteiger partial charge on any atom is 0.421 e. The van der Waals surface area contributed by atoms with E-state index in [9.17, 15) is 0 Å². The predicted molar refractivity (Wildman–Crippen MR) is 162 cm³/mol. The molecule has 0 atom stereocenters. The van der Waals surface area contributed by atoms with Crippen LogP contribution < -0.4 is 15.1 Å². The van der Waals surface area contributed by atoms with Crippen molar-refractivity contribution in [3.05, 3.63) is 113 Å². The number of benzene rings is 4. The molecule has 0 unspecified atom stereocenters. The molecule has 2 nitrogen and oxygen atoms in total. The third kappa shape index (κ3) is 4.46. The van der Waals surface area contributed by atoms with Gasteiger partial charge in [0.25, 0.3) is 0 Å². The van der Waals surface area contributed by atoms with Gasteiger partial charge in [-0.3, -0.25) is 0 Å². The molecule has 4 aromatic rings. The lowest BCUT2D eigenvalue weighted by Gasteiger charge is -2.35. The molecule has 0 bridgehead atoms. The Morgan fingerprint density at radius 2 is 1.08 bits per heavy atom. The van der Waals surface area contributed by atoms with E-state index in [2.05, 4.69) is 149 Å². The first kappa shape index (κ1) is 25.2. The van der Waals surface area contributed by atoms with Gasteiger partial charge in [0.15, 0.2) is 0 Å². The molecule has 188 valence electrons. The summed E-state index contributed by atoms with van der Waals surface area (Å²) in [5, 5.41) is 0. The molecule has 0 fully saturated rings. The Morgan fingerprint density at radius 1 is 0.568 bits per heavy atom. The molecule has 0 aromatic heterocycles. The van der Waals surface area contributed by atoms with Gasteiger partial charge in [-0.2, -0.15) is 0 Å². The monoisotopic (exact) mass is 486 g/mol. The van der Waals surface area contributed by atoms with E-state index < -0.39 is 0 Å². The Kier molecular flexibility index (Phi) is 6.90. The maximum absolute atomic E-state index is 2.58. The average molecular weight is 487 g/mol. The van der Waals surface area contributed by atoms with Crippen molar-refractivity contribution < 1.29 is 0 Å². The van der Waals surface area contributed by atoms with Crippen LogP contribution in [0.3, 0.4) is 0 Å². The highest BCUT2D eigenvalue weighted by Gasteiger charge is 2.46. The van der Waals surface area contributed by atoms with Crippen LogP contribution >= 0.6 is 0 Å². The van der Waals surface area contributed by atoms with E-state index in [1.807, 2.05) is 0 Å². The van der Waals surface area contributed by atoms with Gasteiger partial charge in [0.2, 0.25) is 0 Å². The van der Waals surface area contributed by atoms with Gasteiger partial charge >= 0.3 is 6.98 Å². The van der Waals surface area contributed by atoms with Crippen molar-refractivity contribution >= 4 is 35.2 Å². The quantitative estimate of drug-likeness (QED) is 0.251. The largest absolute Gasteiger partial charge is 0.421 e. The number of fused-ring (bicyclic) bond motifs is 1. The van der Waals surface area contributed by atoms with E-state index in [1.165, 1.54) is 50.5 Å². The van der Waals surface area contributed by atoms with Crippen LogP contribution in [0.15, 0.2) is 91.0 Å². The molecule has 0 aliphatic carbocycles. The minimum absolute atomic E-state index is 0.0110. The van der Waals surface area contributed by atoms with Crippen LogP contribution in [0.4, 0.5) is 22.7 Å². The Morgan fingerprint density at radius 3 is 1.57 bits per heavy atom. The van der Waals surface area contributed by atoms with Crippen LogP contribution in [0, 0.1) is 6.92 Å². The third-order valence-corrected chi connectivity index (χ3v) is 7.71. The Labute approximate surface area is 224 Å². The molecule has 0 amide bonds. The number of para-hydroxylation sites is 3. The van der Waals surface area contributed by atoms with E-state index in [0.717, 1.165) is 0 Å². The summed E-state index contributed by atoms with van der Waals surface area (Å²) in [5.74, 6) is 1.31. The molecule has 0 N–H and O–H groups in total. The van der Waals surface area contributed by atoms with E-state index in [0.29, 0.717) is 17.8 Å². The molecule has 4 aromatic carbocycles. The molecule has 0 saturated heterocycles. The van der Waals surface area contributed by atoms with Crippen molar-refractivity contribution in [1.82, 2.24) is 0 Å². The number of hydrogen-bond donors (Lipinski definition) is 0. The molecule has 5 rings (SSSR count). The zero-order valence-electron chi connectivity index (χ0n) is 23.4. The second kappa shape index (κ2) is 10.1. The first-order valence-electron chi connectivity index (χ1n) is 13.7. The van der Waals surface area contributed by atoms with Gasteiger partial charge in [-0.25, -0.2) is 0 Å². The lowest BCUT2D eigenvalue weighted by Crippen LogP contribution is -2.56. The first-order valence-corrected chi connectivity index (χ1v) is 13.7. The minimum Gasteiger partial charge on any atom is -0.360 e. The van der Waals surface area contributed by atoms with Gasteiger partial charge in [-0.1, -0.05) is 102 Å². The average Bonchev–Trinajstić information content (AvgIpc) is 3.24. The summed E-state index contributed by atoms with van der Waals surface area (Å²) in [6.45, 7) is 16.3. The van der Waals surface area contributed by atoms with Crippen molar-refractivity contribution in [3.63, 3.8) is 0 Å². The van der Waals surface area contributed by atoms with E-state index in [-0.39, 0.29) is 6.98 Å². The summed E-state index contributed by atoms with van der Waals surface area (Å²) >= 11 is 0. The van der Waals surface area contributed by atoms with Gasteiger partial charge in [-0.05, 0) is 82.7 Å². The number of rotatable bonds is 6. The van der Waals surface area contributed by atoms with Crippen LogP contribution in [-0.2, 0) is 0 Å². The predicted octanol–water partition coefficient (Wildman–Crippen LogP) is 9.05. The summed E-state index contributed by atoms with van der Waals surface area (Å²) in [6, 6.07) is 33.6. The number of anilines is 4. The highest BCUT2D eigenvalue weighted by atomic mass is 15.3. The first-order chi connectivity index (χ1) is 17.8. The molecule has 37 heavy (non-hydrogen) atoms. The lowest BCUT2D eigenvalue weighted by molar-refractivity contribution is 0.812. The summed E-state index contributed by atoms with van der Waals surface area (Å²) in [6.07, 6.45) is 0. The van der Waals surface area contributed by atoms with Crippen molar-refractivity contribution in [3.8, 4) is 0 Å². The fourth-order valence-electron chi connectivity index (χ4n) is 5.82. The van der Waals surface area contributed by atoms with Gasteiger partial charge in [0.05, 0.1) is 11.4 Å².